The molecule has 0 radical (unpaired) electrons. The molecule has 170 valence electrons. The van der Waals surface area contributed by atoms with Crippen molar-refractivity contribution in [3.8, 4) is 0 Å². The lowest BCUT2D eigenvalue weighted by Gasteiger charge is -2.20. The number of amides is 3. The van der Waals surface area contributed by atoms with Crippen LogP contribution in [0, 0.1) is 11.6 Å². The van der Waals surface area contributed by atoms with Gasteiger partial charge in [0.1, 0.15) is 6.54 Å². The van der Waals surface area contributed by atoms with Crippen LogP contribution in [0.5, 0.6) is 0 Å². The topological polar surface area (TPSA) is 121 Å². The van der Waals surface area contributed by atoms with Crippen molar-refractivity contribution in [2.24, 2.45) is 10.3 Å². The quantitative estimate of drug-likeness (QED) is 0.524. The molecule has 10 nitrogen and oxygen atoms in total. The molecule has 0 bridgehead atoms. The third kappa shape index (κ3) is 4.14. The zero-order chi connectivity index (χ0) is 23.7. The van der Waals surface area contributed by atoms with E-state index in [1.54, 1.807) is 6.92 Å². The molecule has 1 N–H and O–H groups in total. The Hall–Kier alpha value is -4.22. The minimum atomic E-state index is -1.21. The van der Waals surface area contributed by atoms with Gasteiger partial charge in [0.15, 0.2) is 23.7 Å². The smallest absolute Gasteiger partial charge is 0.338 e. The second-order valence-electron chi connectivity index (χ2n) is 7.15. The first-order valence-corrected chi connectivity index (χ1v) is 9.87. The van der Waals surface area contributed by atoms with Crippen LogP contribution in [0.3, 0.4) is 0 Å². The third-order valence-electron chi connectivity index (χ3n) is 5.00. The number of nitrogens with zero attached hydrogens (tertiary/aromatic N) is 4. The SMILES string of the molecule is CCOC(=O)c1ccc(NC(=O)CN2N=N[C@H]3C(=O)N(c4ccc(F)c(F)c4)C(=O)[C@@H]32)cc1. The maximum absolute atomic E-state index is 13.6. The number of hydrogen-bond acceptors (Lipinski definition) is 8. The Morgan fingerprint density at radius 1 is 1.06 bits per heavy atom. The van der Waals surface area contributed by atoms with Crippen LogP contribution in [0.1, 0.15) is 17.3 Å². The van der Waals surface area contributed by atoms with Crippen molar-refractivity contribution in [2.45, 2.75) is 19.0 Å². The van der Waals surface area contributed by atoms with Gasteiger partial charge in [-0.25, -0.2) is 18.5 Å². The van der Waals surface area contributed by atoms with Gasteiger partial charge in [-0.1, -0.05) is 5.22 Å². The van der Waals surface area contributed by atoms with E-state index in [9.17, 15) is 28.0 Å². The summed E-state index contributed by atoms with van der Waals surface area (Å²) in [5.41, 5.74) is 0.566. The first-order chi connectivity index (χ1) is 15.8. The van der Waals surface area contributed by atoms with E-state index in [1.165, 1.54) is 24.3 Å². The number of hydrogen-bond donors (Lipinski definition) is 1. The fourth-order valence-corrected chi connectivity index (χ4v) is 3.48. The third-order valence-corrected chi connectivity index (χ3v) is 5.00. The fourth-order valence-electron chi connectivity index (χ4n) is 3.48. The second kappa shape index (κ2) is 8.73. The van der Waals surface area contributed by atoms with Crippen molar-refractivity contribution in [3.63, 3.8) is 0 Å². The highest BCUT2D eigenvalue weighted by molar-refractivity contribution is 6.25. The molecule has 0 unspecified atom stereocenters. The van der Waals surface area contributed by atoms with E-state index >= 15 is 0 Å². The van der Waals surface area contributed by atoms with Gasteiger partial charge in [-0.05, 0) is 43.3 Å². The van der Waals surface area contributed by atoms with Crippen molar-refractivity contribution >= 4 is 35.1 Å². The van der Waals surface area contributed by atoms with Gasteiger partial charge in [-0.15, -0.1) is 0 Å². The van der Waals surface area contributed by atoms with Gasteiger partial charge in [-0.3, -0.25) is 19.4 Å². The number of imide groups is 1. The van der Waals surface area contributed by atoms with E-state index in [2.05, 4.69) is 15.7 Å². The van der Waals surface area contributed by atoms with Gasteiger partial charge in [0.05, 0.1) is 17.9 Å². The van der Waals surface area contributed by atoms with Gasteiger partial charge < -0.3 is 10.1 Å². The molecule has 2 aromatic rings. The molecule has 0 aliphatic carbocycles. The highest BCUT2D eigenvalue weighted by Gasteiger charge is 2.55. The molecule has 0 aromatic heterocycles. The molecule has 1 fully saturated rings. The maximum atomic E-state index is 13.6. The molecule has 1 saturated heterocycles. The van der Waals surface area contributed by atoms with E-state index in [4.69, 9.17) is 4.74 Å². The van der Waals surface area contributed by atoms with Crippen LogP contribution in [-0.2, 0) is 19.1 Å². The predicted molar refractivity (Wildman–Crippen MR) is 109 cm³/mol. The average molecular weight is 457 g/mol. The Balaban J connectivity index is 1.42. The van der Waals surface area contributed by atoms with Crippen LogP contribution in [0.25, 0.3) is 0 Å². The number of fused-ring (bicyclic) bond motifs is 1. The second-order valence-corrected chi connectivity index (χ2v) is 7.15. The van der Waals surface area contributed by atoms with Crippen LogP contribution in [0.2, 0.25) is 0 Å². The van der Waals surface area contributed by atoms with Gasteiger partial charge >= 0.3 is 5.97 Å². The van der Waals surface area contributed by atoms with Gasteiger partial charge in [0, 0.05) is 11.8 Å². The number of benzene rings is 2. The van der Waals surface area contributed by atoms with Crippen molar-refractivity contribution in [3.05, 3.63) is 59.7 Å². The minimum absolute atomic E-state index is 0.139. The number of rotatable bonds is 6. The Bertz CT molecular complexity index is 1170. The van der Waals surface area contributed by atoms with Crippen LogP contribution in [0.15, 0.2) is 52.8 Å². The Morgan fingerprint density at radius 2 is 1.79 bits per heavy atom. The number of carbonyl (C=O) groups excluding carboxylic acids is 4. The number of carbonyl (C=O) groups is 4. The normalized spacial score (nSPS) is 19.1. The summed E-state index contributed by atoms with van der Waals surface area (Å²) in [6, 6.07) is 6.25. The Kier molecular flexibility index (Phi) is 5.82. The summed E-state index contributed by atoms with van der Waals surface area (Å²) >= 11 is 0. The molecule has 33 heavy (non-hydrogen) atoms. The summed E-state index contributed by atoms with van der Waals surface area (Å²) in [6.07, 6.45) is 0. The molecule has 12 heteroatoms. The largest absolute Gasteiger partial charge is 0.462 e. The van der Waals surface area contributed by atoms with Crippen LogP contribution >= 0.6 is 0 Å². The number of halogens is 2. The number of anilines is 2. The van der Waals surface area contributed by atoms with Crippen LogP contribution < -0.4 is 10.2 Å². The molecule has 2 aromatic carbocycles. The first-order valence-electron chi connectivity index (χ1n) is 9.87. The highest BCUT2D eigenvalue weighted by atomic mass is 19.2. The summed E-state index contributed by atoms with van der Waals surface area (Å²) in [5, 5.41) is 11.2. The summed E-state index contributed by atoms with van der Waals surface area (Å²) in [6.45, 7) is 1.53. The van der Waals surface area contributed by atoms with Crippen molar-refractivity contribution in [1.29, 1.82) is 0 Å². The number of ether oxygens (including phenoxy) is 1. The van der Waals surface area contributed by atoms with Crippen molar-refractivity contribution < 1.29 is 32.7 Å². The molecule has 2 aliphatic rings. The average Bonchev–Trinajstić information content (AvgIpc) is 3.30. The molecule has 4 rings (SSSR count). The summed E-state index contributed by atoms with van der Waals surface area (Å²) in [7, 11) is 0. The van der Waals surface area contributed by atoms with Gasteiger partial charge in [-0.2, -0.15) is 5.11 Å². The minimum Gasteiger partial charge on any atom is -0.462 e. The standard InChI is InChI=1S/C21H17F2N5O5/c1-2-33-21(32)11-3-5-12(6-4-11)24-16(29)10-27-18-17(25-26-27)19(30)28(20(18)31)13-7-8-14(22)15(23)9-13/h3-9,17-18H,2,10H2,1H3,(H,24,29)/t17-,18-/m1/s1. The highest BCUT2D eigenvalue weighted by Crippen LogP contribution is 2.32. The lowest BCUT2D eigenvalue weighted by Crippen LogP contribution is -2.43. The zero-order valence-electron chi connectivity index (χ0n) is 17.2. The molecular formula is C21H17F2N5O5. The predicted octanol–water partition coefficient (Wildman–Crippen LogP) is 2.07. The molecule has 0 saturated carbocycles. The molecular weight excluding hydrogens is 440 g/mol. The summed E-state index contributed by atoms with van der Waals surface area (Å²) in [4.78, 5) is 50.3. The molecule has 2 atom stereocenters. The summed E-state index contributed by atoms with van der Waals surface area (Å²) in [5.74, 6) is -4.88. The van der Waals surface area contributed by atoms with E-state index in [0.29, 0.717) is 16.2 Å². The lowest BCUT2D eigenvalue weighted by molar-refractivity contribution is -0.123. The van der Waals surface area contributed by atoms with Crippen LogP contribution in [0.4, 0.5) is 20.2 Å². The van der Waals surface area contributed by atoms with Gasteiger partial charge in [0.2, 0.25) is 5.91 Å². The number of esters is 1. The summed E-state index contributed by atoms with van der Waals surface area (Å²) < 4.78 is 31.7. The molecule has 0 spiro atoms. The van der Waals surface area contributed by atoms with E-state index in [1.807, 2.05) is 0 Å². The van der Waals surface area contributed by atoms with Gasteiger partial charge in [0.25, 0.3) is 11.8 Å². The zero-order valence-corrected chi connectivity index (χ0v) is 17.2. The van der Waals surface area contributed by atoms with Crippen LogP contribution in [-0.4, -0.2) is 53.9 Å². The fraction of sp³-hybridized carbons (Fsp3) is 0.238. The monoisotopic (exact) mass is 457 g/mol. The van der Waals surface area contributed by atoms with E-state index in [-0.39, 0.29) is 12.3 Å². The lowest BCUT2D eigenvalue weighted by atomic mass is 10.1. The first kappa shape index (κ1) is 22.0. The van der Waals surface area contributed by atoms with Crippen molar-refractivity contribution in [1.82, 2.24) is 5.01 Å². The van der Waals surface area contributed by atoms with Crippen molar-refractivity contribution in [2.75, 3.05) is 23.4 Å². The Morgan fingerprint density at radius 3 is 2.45 bits per heavy atom. The molecule has 2 heterocycles. The Labute approximate surface area is 185 Å². The molecule has 3 amide bonds. The maximum Gasteiger partial charge on any atom is 0.338 e. The number of nitrogens with one attached hydrogen (secondary N) is 1. The van der Waals surface area contributed by atoms with E-state index in [0.717, 1.165) is 23.2 Å². The molecule has 2 aliphatic heterocycles. The van der Waals surface area contributed by atoms with E-state index < -0.39 is 54.0 Å².